The van der Waals surface area contributed by atoms with Gasteiger partial charge in [-0.15, -0.1) is 0 Å². The van der Waals surface area contributed by atoms with Gasteiger partial charge >= 0.3 is 0 Å². The van der Waals surface area contributed by atoms with Crippen LogP contribution in [0.4, 0.5) is 0 Å². The van der Waals surface area contributed by atoms with Gasteiger partial charge < -0.3 is 5.11 Å². The Kier molecular flexibility index (Phi) is 6.07. The topological polar surface area (TPSA) is 98.7 Å². The van der Waals surface area contributed by atoms with Gasteiger partial charge in [-0.2, -0.15) is 0 Å². The van der Waals surface area contributed by atoms with Gasteiger partial charge in [0.05, 0.1) is 10.5 Å². The van der Waals surface area contributed by atoms with Crippen molar-refractivity contribution in [2.75, 3.05) is 6.54 Å². The summed E-state index contributed by atoms with van der Waals surface area (Å²) in [6, 6.07) is 15.2. The molecule has 3 amide bonds. The van der Waals surface area contributed by atoms with E-state index in [-0.39, 0.29) is 28.1 Å². The van der Waals surface area contributed by atoms with Gasteiger partial charge in [-0.05, 0) is 23.8 Å². The van der Waals surface area contributed by atoms with Crippen LogP contribution >= 0.6 is 24.0 Å². The van der Waals surface area contributed by atoms with E-state index in [4.69, 9.17) is 12.2 Å². The average molecular weight is 413 g/mol. The van der Waals surface area contributed by atoms with Crippen molar-refractivity contribution in [3.63, 3.8) is 0 Å². The van der Waals surface area contributed by atoms with Gasteiger partial charge in [-0.3, -0.25) is 30.1 Å². The van der Waals surface area contributed by atoms with Crippen LogP contribution in [0.2, 0.25) is 0 Å². The Morgan fingerprint density at radius 2 is 1.75 bits per heavy atom. The van der Waals surface area contributed by atoms with Crippen LogP contribution in [0, 0.1) is 0 Å². The highest BCUT2D eigenvalue weighted by Crippen LogP contribution is 2.32. The van der Waals surface area contributed by atoms with Crippen LogP contribution in [-0.2, 0) is 9.59 Å². The molecule has 142 valence electrons. The number of para-hydroxylation sites is 1. The maximum Gasteiger partial charge on any atom is 0.273 e. The van der Waals surface area contributed by atoms with Gasteiger partial charge in [0.25, 0.3) is 17.7 Å². The molecule has 3 N–H and O–H groups in total. The van der Waals surface area contributed by atoms with Gasteiger partial charge in [-0.25, -0.2) is 0 Å². The minimum absolute atomic E-state index is 0.0132. The molecular weight excluding hydrogens is 398 g/mol. The first kappa shape index (κ1) is 19.6. The van der Waals surface area contributed by atoms with Crippen LogP contribution < -0.4 is 10.9 Å². The van der Waals surface area contributed by atoms with Crippen LogP contribution in [-0.4, -0.2) is 38.6 Å². The zero-order valence-corrected chi connectivity index (χ0v) is 16.0. The number of carbonyl (C=O) groups excluding carboxylic acids is 3. The molecular formula is C19H15N3O4S2. The number of benzene rings is 2. The molecule has 2 aromatic carbocycles. The lowest BCUT2D eigenvalue weighted by atomic mass is 10.2. The number of hydrogen-bond donors (Lipinski definition) is 3. The molecule has 3 rings (SSSR count). The molecule has 7 nitrogen and oxygen atoms in total. The second-order valence-electron chi connectivity index (χ2n) is 5.70. The fraction of sp³-hybridized carbons (Fsp3) is 0.0526. The lowest BCUT2D eigenvalue weighted by Gasteiger charge is -2.14. The zero-order valence-electron chi connectivity index (χ0n) is 14.4. The number of nitrogens with one attached hydrogen (secondary N) is 2. The Morgan fingerprint density at radius 3 is 2.46 bits per heavy atom. The summed E-state index contributed by atoms with van der Waals surface area (Å²) in [6.07, 6.45) is 1.71. The summed E-state index contributed by atoms with van der Waals surface area (Å²) in [6.45, 7) is -0.335. The predicted octanol–water partition coefficient (Wildman–Crippen LogP) is 2.05. The normalized spacial score (nSPS) is 15.0. The fourth-order valence-electron chi connectivity index (χ4n) is 2.38. The molecule has 1 aliphatic heterocycles. The third-order valence-corrected chi connectivity index (χ3v) is 5.11. The van der Waals surface area contributed by atoms with Gasteiger partial charge in [0.1, 0.15) is 16.6 Å². The summed E-state index contributed by atoms with van der Waals surface area (Å²) in [5.74, 6) is -1.89. The maximum absolute atomic E-state index is 12.5. The largest absolute Gasteiger partial charge is 0.507 e. The Labute approximate surface area is 170 Å². The molecule has 1 saturated heterocycles. The Balaban J connectivity index is 1.59. The molecule has 28 heavy (non-hydrogen) atoms. The molecule has 0 radical (unpaired) electrons. The summed E-state index contributed by atoms with van der Waals surface area (Å²) in [5, 5.41) is 9.64. The Bertz CT molecular complexity index is 976. The minimum Gasteiger partial charge on any atom is -0.507 e. The highest BCUT2D eigenvalue weighted by atomic mass is 32.2. The van der Waals surface area contributed by atoms with Gasteiger partial charge in [0.2, 0.25) is 0 Å². The molecule has 0 aliphatic carbocycles. The number of aromatic hydroxyl groups is 1. The first-order chi connectivity index (χ1) is 13.5. The number of nitrogens with zero attached hydrogens (tertiary/aromatic N) is 1. The average Bonchev–Trinajstić information content (AvgIpc) is 2.94. The van der Waals surface area contributed by atoms with Crippen molar-refractivity contribution in [1.82, 2.24) is 15.8 Å². The lowest BCUT2D eigenvalue weighted by Crippen LogP contribution is -2.47. The van der Waals surface area contributed by atoms with E-state index < -0.39 is 11.8 Å². The molecule has 0 saturated carbocycles. The molecule has 1 fully saturated rings. The van der Waals surface area contributed by atoms with E-state index in [2.05, 4.69) is 10.9 Å². The number of thiocarbonyl (C=S) groups is 1. The first-order valence-electron chi connectivity index (χ1n) is 8.13. The number of hydrazine groups is 1. The Morgan fingerprint density at radius 1 is 1.07 bits per heavy atom. The predicted molar refractivity (Wildman–Crippen MR) is 110 cm³/mol. The molecule has 1 heterocycles. The fourth-order valence-corrected chi connectivity index (χ4v) is 3.63. The van der Waals surface area contributed by atoms with Crippen molar-refractivity contribution in [2.45, 2.75) is 0 Å². The van der Waals surface area contributed by atoms with Crippen LogP contribution in [0.3, 0.4) is 0 Å². The van der Waals surface area contributed by atoms with Crippen LogP contribution in [0.5, 0.6) is 5.75 Å². The van der Waals surface area contributed by atoms with Crippen LogP contribution in [0.15, 0.2) is 59.5 Å². The van der Waals surface area contributed by atoms with Crippen LogP contribution in [0.1, 0.15) is 15.9 Å². The molecule has 0 bridgehead atoms. The molecule has 0 unspecified atom stereocenters. The van der Waals surface area contributed by atoms with E-state index in [0.717, 1.165) is 22.2 Å². The molecule has 0 atom stereocenters. The van der Waals surface area contributed by atoms with E-state index in [1.807, 2.05) is 30.3 Å². The third kappa shape index (κ3) is 4.56. The summed E-state index contributed by atoms with van der Waals surface area (Å²) in [4.78, 5) is 38.2. The van der Waals surface area contributed by atoms with Crippen molar-refractivity contribution in [1.29, 1.82) is 0 Å². The minimum atomic E-state index is -0.680. The van der Waals surface area contributed by atoms with Crippen molar-refractivity contribution in [3.8, 4) is 5.75 Å². The van der Waals surface area contributed by atoms with Crippen molar-refractivity contribution < 1.29 is 19.5 Å². The number of phenols is 1. The highest BCUT2D eigenvalue weighted by molar-refractivity contribution is 8.26. The summed E-state index contributed by atoms with van der Waals surface area (Å²) in [5.41, 5.74) is 5.26. The van der Waals surface area contributed by atoms with Gasteiger partial charge in [0.15, 0.2) is 0 Å². The van der Waals surface area contributed by atoms with Gasteiger partial charge in [0, 0.05) is 0 Å². The quantitative estimate of drug-likeness (QED) is 0.403. The van der Waals surface area contributed by atoms with Crippen molar-refractivity contribution in [2.24, 2.45) is 0 Å². The highest BCUT2D eigenvalue weighted by Gasteiger charge is 2.33. The second-order valence-corrected chi connectivity index (χ2v) is 7.37. The molecule has 9 heteroatoms. The van der Waals surface area contributed by atoms with E-state index >= 15 is 0 Å². The summed E-state index contributed by atoms with van der Waals surface area (Å²) in [7, 11) is 0. The molecule has 0 spiro atoms. The van der Waals surface area contributed by atoms with E-state index in [0.29, 0.717) is 4.91 Å². The maximum atomic E-state index is 12.5. The number of hydrogen-bond acceptors (Lipinski definition) is 6. The molecule has 0 aromatic heterocycles. The van der Waals surface area contributed by atoms with E-state index in [9.17, 15) is 19.5 Å². The number of phenolic OH excluding ortho intramolecular Hbond substituents is 1. The number of rotatable bonds is 4. The van der Waals surface area contributed by atoms with Gasteiger partial charge in [-0.1, -0.05) is 66.4 Å². The Hall–Kier alpha value is -3.17. The SMILES string of the molecule is O=C(CN1C(=O)C(=Cc2ccccc2)SC1=S)NNC(=O)c1ccccc1O. The van der Waals surface area contributed by atoms with Crippen LogP contribution in [0.25, 0.3) is 6.08 Å². The molecule has 1 aliphatic rings. The number of carbonyl (C=O) groups is 3. The monoisotopic (exact) mass is 413 g/mol. The zero-order chi connectivity index (χ0) is 20.1. The first-order valence-corrected chi connectivity index (χ1v) is 9.36. The third-order valence-electron chi connectivity index (χ3n) is 3.74. The van der Waals surface area contributed by atoms with Crippen molar-refractivity contribution >= 4 is 52.1 Å². The standard InChI is InChI=1S/C19H15N3O4S2/c23-14-9-5-4-8-13(14)17(25)21-20-16(24)11-22-18(26)15(28-19(22)27)10-12-6-2-1-3-7-12/h1-10,23H,11H2,(H,20,24)(H,21,25). The lowest BCUT2D eigenvalue weighted by molar-refractivity contribution is -0.129. The smallest absolute Gasteiger partial charge is 0.273 e. The number of amides is 3. The number of thioether (sulfide) groups is 1. The van der Waals surface area contributed by atoms with Crippen molar-refractivity contribution in [3.05, 3.63) is 70.6 Å². The summed E-state index contributed by atoms with van der Waals surface area (Å²) < 4.78 is 0.259. The summed E-state index contributed by atoms with van der Waals surface area (Å²) >= 11 is 6.30. The van der Waals surface area contributed by atoms with E-state index in [1.165, 1.54) is 12.1 Å². The van der Waals surface area contributed by atoms with E-state index in [1.54, 1.807) is 18.2 Å². The molecule has 2 aromatic rings. The second kappa shape index (κ2) is 8.68.